The van der Waals surface area contributed by atoms with Crippen molar-refractivity contribution in [3.63, 3.8) is 0 Å². The second-order valence-electron chi connectivity index (χ2n) is 7.51. The number of carboxylic acid groups (broad SMARTS) is 1. The first-order valence-electron chi connectivity index (χ1n) is 9.97. The molecule has 5 rings (SSSR count). The number of aromatic hydroxyl groups is 1. The summed E-state index contributed by atoms with van der Waals surface area (Å²) in [6.45, 7) is 0. The molecule has 4 heterocycles. The van der Waals surface area contributed by atoms with Gasteiger partial charge < -0.3 is 30.2 Å². The molecule has 168 valence electrons. The molecule has 2 aliphatic heterocycles. The van der Waals surface area contributed by atoms with Crippen LogP contribution in [0.15, 0.2) is 43.0 Å². The van der Waals surface area contributed by atoms with Crippen molar-refractivity contribution < 1.29 is 29.2 Å². The Labute approximate surface area is 186 Å². The Bertz CT molecular complexity index is 1110. The van der Waals surface area contributed by atoms with Crippen LogP contribution in [-0.4, -0.2) is 71.6 Å². The minimum atomic E-state index is -1.05. The molecule has 1 unspecified atom stereocenters. The number of hydrogen-bond donors (Lipinski definition) is 3. The maximum Gasteiger partial charge on any atom is 0.321 e. The Morgan fingerprint density at radius 2 is 1.94 bits per heavy atom. The van der Waals surface area contributed by atoms with Gasteiger partial charge in [0.15, 0.2) is 23.7 Å². The molecule has 4 N–H and O–H groups in total. The molecule has 0 bridgehead atoms. The number of nitrogens with two attached hydrogens (primary N) is 1. The topological polar surface area (TPSA) is 155 Å². The molecule has 32 heavy (non-hydrogen) atoms. The molecular formula is C20H21N5O6S. The van der Waals surface area contributed by atoms with Crippen molar-refractivity contribution in [2.75, 3.05) is 11.5 Å². The molecule has 6 atom stereocenters. The lowest BCUT2D eigenvalue weighted by Gasteiger charge is -2.21. The van der Waals surface area contributed by atoms with Crippen molar-refractivity contribution in [3.8, 4) is 5.88 Å². The lowest BCUT2D eigenvalue weighted by molar-refractivity contribution is -0.143. The third kappa shape index (κ3) is 3.80. The van der Waals surface area contributed by atoms with Gasteiger partial charge in [0.05, 0.1) is 12.4 Å². The fraction of sp³-hybridized carbons (Fsp3) is 0.400. The summed E-state index contributed by atoms with van der Waals surface area (Å²) in [5.41, 5.74) is 7.18. The molecule has 0 saturated carbocycles. The quantitative estimate of drug-likeness (QED) is 0.464. The second-order valence-corrected chi connectivity index (χ2v) is 8.59. The van der Waals surface area contributed by atoms with Crippen LogP contribution in [0.4, 0.5) is 0 Å². The number of carbonyl (C=O) groups is 1. The van der Waals surface area contributed by atoms with E-state index in [1.54, 1.807) is 4.57 Å². The highest BCUT2D eigenvalue weighted by atomic mass is 32.2. The zero-order chi connectivity index (χ0) is 22.2. The average molecular weight is 459 g/mol. The fourth-order valence-electron chi connectivity index (χ4n) is 3.87. The van der Waals surface area contributed by atoms with Gasteiger partial charge in [-0.25, -0.2) is 9.97 Å². The molecule has 12 heteroatoms. The minimum absolute atomic E-state index is 0.219. The molecule has 0 spiro atoms. The van der Waals surface area contributed by atoms with E-state index in [0.717, 1.165) is 5.56 Å². The SMILES string of the molecule is N[C@@H](CSC[C@H]1O[C@@H](n2cnc3c(O)ncnc32)[C@@H]2OC(c3ccccc3)O[C@@H]21)C(=O)O. The molecule has 3 aromatic rings. The standard InChI is InChI=1S/C20H21N5O6S/c21-11(19(27)28)6-32-7-12-14-15(31-20(30-14)10-4-2-1-3-5-10)18(29-12)25-9-24-13-16(25)22-8-23-17(13)26/h1-5,8-9,11-12,14-15,18,20H,6-7,21H2,(H,27,28)(H,22,23,26)/t11-,12+,14+,15+,18+,20?/m0/s1. The number of rotatable bonds is 7. The summed E-state index contributed by atoms with van der Waals surface area (Å²) in [7, 11) is 0. The summed E-state index contributed by atoms with van der Waals surface area (Å²) in [6.07, 6.45) is 0.367. The van der Waals surface area contributed by atoms with Crippen LogP contribution < -0.4 is 5.73 Å². The van der Waals surface area contributed by atoms with E-state index in [0.29, 0.717) is 11.4 Å². The Hall–Kier alpha value is -2.77. The van der Waals surface area contributed by atoms with Crippen molar-refractivity contribution in [2.45, 2.75) is 36.9 Å². The summed E-state index contributed by atoms with van der Waals surface area (Å²) in [5, 5.41) is 19.0. The van der Waals surface area contributed by atoms with Crippen LogP contribution in [0.2, 0.25) is 0 Å². The number of nitrogens with zero attached hydrogens (tertiary/aromatic N) is 4. The van der Waals surface area contributed by atoms with Gasteiger partial charge in [0.25, 0.3) is 0 Å². The number of thioether (sulfide) groups is 1. The maximum absolute atomic E-state index is 11.0. The number of imidazole rings is 1. The van der Waals surface area contributed by atoms with E-state index in [-0.39, 0.29) is 23.3 Å². The smallest absolute Gasteiger partial charge is 0.321 e. The van der Waals surface area contributed by atoms with Gasteiger partial charge in [-0.2, -0.15) is 16.7 Å². The number of aliphatic carboxylic acids is 1. The Morgan fingerprint density at radius 1 is 1.16 bits per heavy atom. The zero-order valence-electron chi connectivity index (χ0n) is 16.7. The van der Waals surface area contributed by atoms with E-state index in [2.05, 4.69) is 15.0 Å². The van der Waals surface area contributed by atoms with Crippen LogP contribution in [0.1, 0.15) is 18.1 Å². The summed E-state index contributed by atoms with van der Waals surface area (Å²) >= 11 is 1.38. The summed E-state index contributed by atoms with van der Waals surface area (Å²) < 4.78 is 20.4. The molecule has 11 nitrogen and oxygen atoms in total. The first-order valence-corrected chi connectivity index (χ1v) is 11.1. The molecule has 0 aliphatic carbocycles. The van der Waals surface area contributed by atoms with Crippen LogP contribution in [0.3, 0.4) is 0 Å². The van der Waals surface area contributed by atoms with Crippen LogP contribution >= 0.6 is 11.8 Å². The van der Waals surface area contributed by atoms with Crippen molar-refractivity contribution in [1.82, 2.24) is 19.5 Å². The molecule has 1 aromatic carbocycles. The van der Waals surface area contributed by atoms with E-state index >= 15 is 0 Å². The van der Waals surface area contributed by atoms with Gasteiger partial charge in [-0.05, 0) is 0 Å². The van der Waals surface area contributed by atoms with E-state index < -0.39 is 36.7 Å². The monoisotopic (exact) mass is 459 g/mol. The Morgan fingerprint density at radius 3 is 2.72 bits per heavy atom. The number of aromatic nitrogens is 4. The highest BCUT2D eigenvalue weighted by Crippen LogP contribution is 2.45. The molecule has 2 aliphatic rings. The van der Waals surface area contributed by atoms with Crippen molar-refractivity contribution >= 4 is 28.9 Å². The Kier molecular flexibility index (Phi) is 5.69. The fourth-order valence-corrected chi connectivity index (χ4v) is 4.90. The predicted molar refractivity (Wildman–Crippen MR) is 113 cm³/mol. The van der Waals surface area contributed by atoms with Gasteiger partial charge in [0.2, 0.25) is 5.88 Å². The Balaban J connectivity index is 1.41. The van der Waals surface area contributed by atoms with E-state index in [4.69, 9.17) is 25.1 Å². The number of ether oxygens (including phenoxy) is 3. The van der Waals surface area contributed by atoms with E-state index in [1.165, 1.54) is 24.4 Å². The van der Waals surface area contributed by atoms with Crippen LogP contribution in [-0.2, 0) is 19.0 Å². The van der Waals surface area contributed by atoms with Gasteiger partial charge in [-0.3, -0.25) is 9.36 Å². The minimum Gasteiger partial charge on any atom is -0.492 e. The molecular weight excluding hydrogens is 438 g/mol. The zero-order valence-corrected chi connectivity index (χ0v) is 17.5. The van der Waals surface area contributed by atoms with E-state index in [9.17, 15) is 9.90 Å². The molecule has 0 radical (unpaired) electrons. The van der Waals surface area contributed by atoms with E-state index in [1.807, 2.05) is 30.3 Å². The number of fused-ring (bicyclic) bond motifs is 2. The molecule has 2 saturated heterocycles. The van der Waals surface area contributed by atoms with Crippen LogP contribution in [0, 0.1) is 0 Å². The summed E-state index contributed by atoms with van der Waals surface area (Å²) in [5.74, 6) is -0.551. The number of carboxylic acids is 1. The van der Waals surface area contributed by atoms with Crippen molar-refractivity contribution in [3.05, 3.63) is 48.5 Å². The van der Waals surface area contributed by atoms with Crippen molar-refractivity contribution in [1.29, 1.82) is 0 Å². The third-order valence-corrected chi connectivity index (χ3v) is 6.59. The molecule has 0 amide bonds. The lowest BCUT2D eigenvalue weighted by atomic mass is 10.1. The summed E-state index contributed by atoms with van der Waals surface area (Å²) in [6, 6.07) is 8.63. The van der Waals surface area contributed by atoms with Gasteiger partial charge in [0, 0.05) is 17.1 Å². The largest absolute Gasteiger partial charge is 0.492 e. The van der Waals surface area contributed by atoms with Gasteiger partial charge >= 0.3 is 5.97 Å². The first-order chi connectivity index (χ1) is 15.5. The van der Waals surface area contributed by atoms with Crippen LogP contribution in [0.25, 0.3) is 11.2 Å². The normalized spacial score (nSPS) is 28.1. The van der Waals surface area contributed by atoms with Gasteiger partial charge in [-0.1, -0.05) is 30.3 Å². The number of hydrogen-bond acceptors (Lipinski definition) is 10. The van der Waals surface area contributed by atoms with Gasteiger partial charge in [-0.15, -0.1) is 0 Å². The lowest BCUT2D eigenvalue weighted by Crippen LogP contribution is -2.34. The highest BCUT2D eigenvalue weighted by molar-refractivity contribution is 7.99. The average Bonchev–Trinajstić information content (AvgIpc) is 3.49. The maximum atomic E-state index is 11.0. The summed E-state index contributed by atoms with van der Waals surface area (Å²) in [4.78, 5) is 23.2. The first kappa shape index (κ1) is 21.1. The highest BCUT2D eigenvalue weighted by Gasteiger charge is 2.53. The third-order valence-electron chi connectivity index (χ3n) is 5.43. The number of benzene rings is 1. The van der Waals surface area contributed by atoms with Crippen LogP contribution in [0.5, 0.6) is 5.88 Å². The second kappa shape index (κ2) is 8.64. The predicted octanol–water partition coefficient (Wildman–Crippen LogP) is 1.06. The molecule has 2 aromatic heterocycles. The van der Waals surface area contributed by atoms with Gasteiger partial charge in [0.1, 0.15) is 24.6 Å². The van der Waals surface area contributed by atoms with Crippen molar-refractivity contribution in [2.24, 2.45) is 5.73 Å². The molecule has 2 fully saturated rings.